The monoisotopic (exact) mass is 246 g/mol. The summed E-state index contributed by atoms with van der Waals surface area (Å²) in [6.45, 7) is 10.2. The number of benzene rings is 1. The van der Waals surface area contributed by atoms with Crippen LogP contribution >= 0.6 is 0 Å². The van der Waals surface area contributed by atoms with Gasteiger partial charge in [-0.2, -0.15) is 0 Å². The van der Waals surface area contributed by atoms with Crippen LogP contribution in [0.2, 0.25) is 0 Å². The topological polar surface area (TPSA) is 41.6 Å². The number of carbonyl (C=O) groups is 1. The molecule has 1 aromatic carbocycles. The molecule has 18 heavy (non-hydrogen) atoms. The van der Waals surface area contributed by atoms with Gasteiger partial charge in [-0.1, -0.05) is 12.6 Å². The lowest BCUT2D eigenvalue weighted by Crippen LogP contribution is -2.33. The van der Waals surface area contributed by atoms with Crippen LogP contribution in [0.3, 0.4) is 0 Å². The summed E-state index contributed by atoms with van der Waals surface area (Å²) in [7, 11) is 0. The third-order valence-electron chi connectivity index (χ3n) is 2.46. The van der Waals surface area contributed by atoms with E-state index in [0.717, 1.165) is 11.4 Å². The average Bonchev–Trinajstić information content (AvgIpc) is 2.57. The molecule has 0 aliphatic carbocycles. The molecule has 96 valence electrons. The molecular weight excluding hydrogens is 228 g/mol. The van der Waals surface area contributed by atoms with E-state index in [0.29, 0.717) is 12.1 Å². The molecule has 0 saturated carbocycles. The molecule has 2 rings (SSSR count). The minimum absolute atomic E-state index is 0.128. The lowest BCUT2D eigenvalue weighted by molar-refractivity contribution is -0.116. The van der Waals surface area contributed by atoms with Gasteiger partial charge in [-0.3, -0.25) is 15.2 Å². The van der Waals surface area contributed by atoms with Crippen molar-refractivity contribution in [2.75, 3.05) is 11.6 Å². The van der Waals surface area contributed by atoms with Crippen LogP contribution in [0.25, 0.3) is 0 Å². The minimum atomic E-state index is -0.240. The largest absolute Gasteiger partial charge is 0.488 e. The number of nitrogens with one attached hydrogen (secondary N) is 1. The van der Waals surface area contributed by atoms with Gasteiger partial charge in [0.15, 0.2) is 0 Å². The number of ether oxygens (including phenoxy) is 1. The average molecular weight is 246 g/mol. The van der Waals surface area contributed by atoms with Crippen molar-refractivity contribution >= 4 is 11.6 Å². The van der Waals surface area contributed by atoms with Gasteiger partial charge in [-0.15, -0.1) is 0 Å². The van der Waals surface area contributed by atoms with Gasteiger partial charge in [0.05, 0.1) is 12.2 Å². The predicted molar refractivity (Wildman–Crippen MR) is 71.5 cm³/mol. The molecule has 1 fully saturated rings. The molecular formula is C14H18N2O2. The van der Waals surface area contributed by atoms with Gasteiger partial charge in [0.1, 0.15) is 11.4 Å². The molecule has 1 N–H and O–H groups in total. The number of hydrogen-bond acceptors (Lipinski definition) is 3. The SMILES string of the molecule is C=C1CN(c2cccc(OC(C)(C)C)c2)NC1=O. The fourth-order valence-electron chi connectivity index (χ4n) is 1.73. The van der Waals surface area contributed by atoms with Gasteiger partial charge >= 0.3 is 0 Å². The molecule has 1 aromatic rings. The van der Waals surface area contributed by atoms with Crippen LogP contribution < -0.4 is 15.2 Å². The predicted octanol–water partition coefficient (Wildman–Crippen LogP) is 2.27. The first-order chi connectivity index (χ1) is 8.35. The maximum atomic E-state index is 11.4. The zero-order valence-corrected chi connectivity index (χ0v) is 11.0. The number of hydrogen-bond donors (Lipinski definition) is 1. The first-order valence-corrected chi connectivity index (χ1v) is 5.90. The van der Waals surface area contributed by atoms with E-state index in [1.807, 2.05) is 45.0 Å². The Morgan fingerprint density at radius 2 is 2.11 bits per heavy atom. The highest BCUT2D eigenvalue weighted by Gasteiger charge is 2.23. The molecule has 0 spiro atoms. The lowest BCUT2D eigenvalue weighted by atomic mass is 10.2. The molecule has 0 radical (unpaired) electrons. The maximum Gasteiger partial charge on any atom is 0.267 e. The molecule has 4 heteroatoms. The summed E-state index contributed by atoms with van der Waals surface area (Å²) in [6.07, 6.45) is 0. The van der Waals surface area contributed by atoms with E-state index in [1.54, 1.807) is 5.01 Å². The first-order valence-electron chi connectivity index (χ1n) is 5.90. The standard InChI is InChI=1S/C14H18N2O2/c1-10-9-16(15-13(10)17)11-6-5-7-12(8-11)18-14(2,3)4/h5-8H,1,9H2,2-4H3,(H,15,17). The second-order valence-corrected chi connectivity index (χ2v) is 5.34. The van der Waals surface area contributed by atoms with Crippen molar-refractivity contribution in [3.63, 3.8) is 0 Å². The minimum Gasteiger partial charge on any atom is -0.488 e. The second kappa shape index (κ2) is 4.37. The highest BCUT2D eigenvalue weighted by molar-refractivity contribution is 5.97. The van der Waals surface area contributed by atoms with E-state index in [1.165, 1.54) is 0 Å². The maximum absolute atomic E-state index is 11.4. The summed E-state index contributed by atoms with van der Waals surface area (Å²) in [6, 6.07) is 7.64. The summed E-state index contributed by atoms with van der Waals surface area (Å²) in [5.74, 6) is 0.656. The fraction of sp³-hybridized carbons (Fsp3) is 0.357. The van der Waals surface area contributed by atoms with Gasteiger partial charge in [0.25, 0.3) is 5.91 Å². The first kappa shape index (κ1) is 12.5. The van der Waals surface area contributed by atoms with Crippen LogP contribution in [-0.4, -0.2) is 18.1 Å². The van der Waals surface area contributed by atoms with Crippen molar-refractivity contribution < 1.29 is 9.53 Å². The summed E-state index contributed by atoms with van der Waals surface area (Å²) in [4.78, 5) is 11.4. The third kappa shape index (κ3) is 2.83. The number of rotatable bonds is 2. The molecule has 1 saturated heterocycles. The van der Waals surface area contributed by atoms with Crippen molar-refractivity contribution in [1.82, 2.24) is 5.43 Å². The van der Waals surface area contributed by atoms with E-state index >= 15 is 0 Å². The molecule has 4 nitrogen and oxygen atoms in total. The van der Waals surface area contributed by atoms with E-state index in [2.05, 4.69) is 12.0 Å². The molecule has 0 atom stereocenters. The highest BCUT2D eigenvalue weighted by Crippen LogP contribution is 2.25. The summed E-state index contributed by atoms with van der Waals surface area (Å²) < 4.78 is 5.79. The fourth-order valence-corrected chi connectivity index (χ4v) is 1.73. The number of carbonyl (C=O) groups excluding carboxylic acids is 1. The van der Waals surface area contributed by atoms with Gasteiger partial charge in [-0.25, -0.2) is 0 Å². The number of nitrogens with zero attached hydrogens (tertiary/aromatic N) is 1. The molecule has 1 aliphatic heterocycles. The Hall–Kier alpha value is -1.97. The molecule has 0 bridgehead atoms. The smallest absolute Gasteiger partial charge is 0.267 e. The molecule has 0 aromatic heterocycles. The number of amides is 1. The molecule has 0 unspecified atom stereocenters. The van der Waals surface area contributed by atoms with Crippen LogP contribution in [0.5, 0.6) is 5.75 Å². The second-order valence-electron chi connectivity index (χ2n) is 5.34. The van der Waals surface area contributed by atoms with Crippen LogP contribution in [0, 0.1) is 0 Å². The number of anilines is 1. The van der Waals surface area contributed by atoms with E-state index < -0.39 is 0 Å². The Balaban J connectivity index is 2.18. The Labute approximate surface area is 107 Å². The Bertz CT molecular complexity index is 473. The van der Waals surface area contributed by atoms with E-state index in [-0.39, 0.29) is 11.5 Å². The van der Waals surface area contributed by atoms with E-state index in [4.69, 9.17) is 4.74 Å². The zero-order chi connectivity index (χ0) is 13.3. The summed E-state index contributed by atoms with van der Waals surface area (Å²) in [5.41, 5.74) is 3.97. The van der Waals surface area contributed by atoms with Gasteiger partial charge in [0.2, 0.25) is 0 Å². The van der Waals surface area contributed by atoms with Crippen molar-refractivity contribution in [3.05, 3.63) is 36.4 Å². The van der Waals surface area contributed by atoms with Crippen molar-refractivity contribution in [3.8, 4) is 5.75 Å². The molecule has 1 aliphatic rings. The van der Waals surface area contributed by atoms with Crippen LogP contribution in [0.1, 0.15) is 20.8 Å². The van der Waals surface area contributed by atoms with Crippen LogP contribution in [-0.2, 0) is 4.79 Å². The van der Waals surface area contributed by atoms with Crippen LogP contribution in [0.15, 0.2) is 36.4 Å². The third-order valence-corrected chi connectivity index (χ3v) is 2.46. The number of hydrazine groups is 1. The quantitative estimate of drug-likeness (QED) is 0.814. The van der Waals surface area contributed by atoms with E-state index in [9.17, 15) is 4.79 Å². The highest BCUT2D eigenvalue weighted by atomic mass is 16.5. The van der Waals surface area contributed by atoms with Gasteiger partial charge in [0, 0.05) is 11.6 Å². The van der Waals surface area contributed by atoms with Crippen molar-refractivity contribution in [1.29, 1.82) is 0 Å². The van der Waals surface area contributed by atoms with Crippen molar-refractivity contribution in [2.45, 2.75) is 26.4 Å². The van der Waals surface area contributed by atoms with Gasteiger partial charge in [-0.05, 0) is 32.9 Å². The normalized spacial score (nSPS) is 15.8. The Kier molecular flexibility index (Phi) is 3.03. The zero-order valence-electron chi connectivity index (χ0n) is 11.0. The molecule has 1 heterocycles. The Morgan fingerprint density at radius 1 is 1.39 bits per heavy atom. The lowest BCUT2D eigenvalue weighted by Gasteiger charge is -2.23. The van der Waals surface area contributed by atoms with Gasteiger partial charge < -0.3 is 4.74 Å². The Morgan fingerprint density at radius 3 is 2.67 bits per heavy atom. The van der Waals surface area contributed by atoms with Crippen molar-refractivity contribution in [2.24, 2.45) is 0 Å². The summed E-state index contributed by atoms with van der Waals surface area (Å²) >= 11 is 0. The van der Waals surface area contributed by atoms with Crippen LogP contribution in [0.4, 0.5) is 5.69 Å². The molecule has 1 amide bonds. The summed E-state index contributed by atoms with van der Waals surface area (Å²) in [5, 5.41) is 1.76.